The number of hydrogen-bond donors (Lipinski definition) is 2. The summed E-state index contributed by atoms with van der Waals surface area (Å²) < 4.78 is 30.9. The molecule has 1 aromatic heterocycles. The molecule has 1 aromatic rings. The molecule has 5 nitrogen and oxygen atoms in total. The third-order valence-electron chi connectivity index (χ3n) is 2.73. The number of hydrogen-bond acceptors (Lipinski definition) is 4. The average Bonchev–Trinajstić information content (AvgIpc) is 2.56. The molecule has 0 aliphatic heterocycles. The van der Waals surface area contributed by atoms with Crippen molar-refractivity contribution >= 4 is 10.0 Å². The highest BCUT2D eigenvalue weighted by Crippen LogP contribution is 2.26. The molecule has 0 unspecified atom stereocenters. The molecule has 0 amide bonds. The number of nitrogens with one attached hydrogen (secondary N) is 1. The van der Waals surface area contributed by atoms with Gasteiger partial charge in [-0.05, 0) is 33.3 Å². The van der Waals surface area contributed by atoms with Gasteiger partial charge < -0.3 is 9.52 Å². The maximum absolute atomic E-state index is 11.6. The van der Waals surface area contributed by atoms with Crippen molar-refractivity contribution in [1.82, 2.24) is 4.72 Å². The van der Waals surface area contributed by atoms with Crippen LogP contribution in [0.2, 0.25) is 0 Å². The average molecular weight is 275 g/mol. The normalized spacial score (nSPS) is 15.6. The number of aryl methyl sites for hydroxylation is 2. The van der Waals surface area contributed by atoms with Gasteiger partial charge in [-0.25, -0.2) is 13.1 Å². The van der Waals surface area contributed by atoms with Gasteiger partial charge in [-0.2, -0.15) is 0 Å². The highest BCUT2D eigenvalue weighted by atomic mass is 32.2. The molecule has 0 fully saturated rings. The maximum Gasteiger partial charge on any atom is 0.211 e. The first-order chi connectivity index (χ1) is 8.18. The number of aliphatic hydroxyl groups is 1. The maximum atomic E-state index is 11.6. The van der Waals surface area contributed by atoms with Crippen LogP contribution >= 0.6 is 0 Å². The molecule has 0 aliphatic carbocycles. The molecule has 18 heavy (non-hydrogen) atoms. The highest BCUT2D eigenvalue weighted by molar-refractivity contribution is 7.89. The van der Waals surface area contributed by atoms with E-state index >= 15 is 0 Å². The lowest BCUT2D eigenvalue weighted by Gasteiger charge is -2.23. The van der Waals surface area contributed by atoms with E-state index in [0.717, 1.165) is 0 Å². The van der Waals surface area contributed by atoms with Crippen molar-refractivity contribution < 1.29 is 17.9 Å². The summed E-state index contributed by atoms with van der Waals surface area (Å²) in [6, 6.07) is 1.73. The first-order valence-corrected chi connectivity index (χ1v) is 7.60. The Balaban J connectivity index is 2.80. The molecule has 0 saturated heterocycles. The Kier molecular flexibility index (Phi) is 4.58. The van der Waals surface area contributed by atoms with E-state index in [1.807, 2.05) is 0 Å². The largest absolute Gasteiger partial charge is 0.466 e. The summed E-state index contributed by atoms with van der Waals surface area (Å²) in [5.41, 5.74) is -0.665. The molecule has 0 aliphatic rings. The second-order valence-electron chi connectivity index (χ2n) is 4.74. The summed E-state index contributed by atoms with van der Waals surface area (Å²) in [6.45, 7) is 6.83. The summed E-state index contributed by atoms with van der Waals surface area (Å²) in [6.07, 6.45) is 0.543. The predicted octanol–water partition coefficient (Wildman–Crippen LogP) is 1.43. The number of sulfonamides is 1. The van der Waals surface area contributed by atoms with Gasteiger partial charge in [0, 0.05) is 12.1 Å². The fourth-order valence-electron chi connectivity index (χ4n) is 1.85. The minimum absolute atomic E-state index is 0.0604. The monoisotopic (exact) mass is 275 g/mol. The Labute approximate surface area is 108 Å². The van der Waals surface area contributed by atoms with E-state index in [1.165, 1.54) is 0 Å². The van der Waals surface area contributed by atoms with Gasteiger partial charge in [-0.1, -0.05) is 6.92 Å². The SMILES string of the molecule is CCCS(=O)(=O)NC[C@](C)(O)c1cc(C)oc1C. The third kappa shape index (κ3) is 3.83. The van der Waals surface area contributed by atoms with Gasteiger partial charge in [-0.3, -0.25) is 0 Å². The molecule has 0 bridgehead atoms. The van der Waals surface area contributed by atoms with E-state index in [4.69, 9.17) is 4.42 Å². The second kappa shape index (κ2) is 5.42. The molecule has 0 aromatic carbocycles. The lowest BCUT2D eigenvalue weighted by molar-refractivity contribution is 0.0612. The molecule has 1 atom stereocenters. The van der Waals surface area contributed by atoms with Crippen molar-refractivity contribution in [3.05, 3.63) is 23.2 Å². The topological polar surface area (TPSA) is 79.5 Å². The number of rotatable bonds is 6. The first kappa shape index (κ1) is 15.2. The summed E-state index contributed by atoms with van der Waals surface area (Å²) in [5.74, 6) is 1.36. The Morgan fingerprint density at radius 2 is 2.06 bits per heavy atom. The Morgan fingerprint density at radius 3 is 2.50 bits per heavy atom. The van der Waals surface area contributed by atoms with Crippen LogP contribution in [0.5, 0.6) is 0 Å². The van der Waals surface area contributed by atoms with Crippen LogP contribution in [0.15, 0.2) is 10.5 Å². The Hall–Kier alpha value is -0.850. The molecule has 0 spiro atoms. The standard InChI is InChI=1S/C12H21NO4S/c1-5-6-18(15,16)13-8-12(4,14)11-7-9(2)17-10(11)3/h7,13-14H,5-6,8H2,1-4H3/t12-/m0/s1. The summed E-state index contributed by atoms with van der Waals surface area (Å²) in [5, 5.41) is 10.3. The van der Waals surface area contributed by atoms with Crippen LogP contribution in [-0.4, -0.2) is 25.8 Å². The molecule has 2 N–H and O–H groups in total. The van der Waals surface area contributed by atoms with Crippen LogP contribution in [-0.2, 0) is 15.6 Å². The smallest absolute Gasteiger partial charge is 0.211 e. The molecule has 104 valence electrons. The molecule has 1 heterocycles. The molecule has 6 heteroatoms. The minimum atomic E-state index is -3.32. The fraction of sp³-hybridized carbons (Fsp3) is 0.667. The van der Waals surface area contributed by atoms with Gasteiger partial charge in [0.05, 0.1) is 5.75 Å². The van der Waals surface area contributed by atoms with Gasteiger partial charge in [-0.15, -0.1) is 0 Å². The third-order valence-corrected chi connectivity index (χ3v) is 4.26. The van der Waals surface area contributed by atoms with Gasteiger partial charge in [0.25, 0.3) is 0 Å². The van der Waals surface area contributed by atoms with Gasteiger partial charge >= 0.3 is 0 Å². The molecular weight excluding hydrogens is 254 g/mol. The van der Waals surface area contributed by atoms with E-state index in [9.17, 15) is 13.5 Å². The van der Waals surface area contributed by atoms with Crippen molar-refractivity contribution in [2.45, 2.75) is 39.7 Å². The summed E-state index contributed by atoms with van der Waals surface area (Å²) >= 11 is 0. The Bertz CT molecular complexity index is 502. The van der Waals surface area contributed by atoms with Crippen molar-refractivity contribution in [2.24, 2.45) is 0 Å². The van der Waals surface area contributed by atoms with Crippen LogP contribution in [0, 0.1) is 13.8 Å². The second-order valence-corrected chi connectivity index (χ2v) is 6.67. The van der Waals surface area contributed by atoms with E-state index in [0.29, 0.717) is 23.5 Å². The van der Waals surface area contributed by atoms with Crippen molar-refractivity contribution in [3.63, 3.8) is 0 Å². The quantitative estimate of drug-likeness (QED) is 0.823. The minimum Gasteiger partial charge on any atom is -0.466 e. The van der Waals surface area contributed by atoms with Crippen LogP contribution in [0.3, 0.4) is 0 Å². The zero-order valence-corrected chi connectivity index (χ0v) is 12.1. The van der Waals surface area contributed by atoms with Gasteiger partial charge in [0.1, 0.15) is 17.1 Å². The lowest BCUT2D eigenvalue weighted by Crippen LogP contribution is -2.39. The molecule has 0 radical (unpaired) electrons. The van der Waals surface area contributed by atoms with Crippen LogP contribution < -0.4 is 4.72 Å². The molecule has 0 saturated carbocycles. The van der Waals surface area contributed by atoms with Gasteiger partial charge in [0.15, 0.2) is 0 Å². The van der Waals surface area contributed by atoms with Crippen LogP contribution in [0.25, 0.3) is 0 Å². The number of furan rings is 1. The zero-order chi connectivity index (χ0) is 14.0. The summed E-state index contributed by atoms with van der Waals surface area (Å²) in [7, 11) is -3.32. The van der Waals surface area contributed by atoms with E-state index in [-0.39, 0.29) is 12.3 Å². The van der Waals surface area contributed by atoms with Crippen LogP contribution in [0.4, 0.5) is 0 Å². The van der Waals surface area contributed by atoms with Crippen molar-refractivity contribution in [1.29, 1.82) is 0 Å². The molecule has 1 rings (SSSR count). The first-order valence-electron chi connectivity index (χ1n) is 5.95. The van der Waals surface area contributed by atoms with E-state index in [2.05, 4.69) is 4.72 Å². The molecular formula is C12H21NO4S. The Morgan fingerprint density at radius 1 is 1.44 bits per heavy atom. The zero-order valence-electron chi connectivity index (χ0n) is 11.3. The van der Waals surface area contributed by atoms with Crippen molar-refractivity contribution in [3.8, 4) is 0 Å². The highest BCUT2D eigenvalue weighted by Gasteiger charge is 2.29. The van der Waals surface area contributed by atoms with Crippen LogP contribution in [0.1, 0.15) is 37.4 Å². The lowest BCUT2D eigenvalue weighted by atomic mass is 9.97. The van der Waals surface area contributed by atoms with Crippen molar-refractivity contribution in [2.75, 3.05) is 12.3 Å². The predicted molar refractivity (Wildman–Crippen MR) is 69.8 cm³/mol. The van der Waals surface area contributed by atoms with Gasteiger partial charge in [0.2, 0.25) is 10.0 Å². The fourth-order valence-corrected chi connectivity index (χ4v) is 3.03. The van der Waals surface area contributed by atoms with E-state index in [1.54, 1.807) is 33.8 Å². The van der Waals surface area contributed by atoms with E-state index < -0.39 is 15.6 Å². The summed E-state index contributed by atoms with van der Waals surface area (Å²) in [4.78, 5) is 0.